The number of aliphatic carboxylic acids is 2. The maximum Gasteiger partial charge on any atom is 0.481 e. The lowest BCUT2D eigenvalue weighted by Crippen LogP contribution is -2.46. The minimum absolute atomic E-state index is 0.00286. The van der Waals surface area contributed by atoms with Crippen molar-refractivity contribution in [2.45, 2.75) is 61.9 Å². The van der Waals surface area contributed by atoms with Crippen molar-refractivity contribution >= 4 is 64.1 Å². The number of primary amides is 1. The molecule has 2 unspecified atom stereocenters. The highest BCUT2D eigenvalue weighted by molar-refractivity contribution is 7.61. The molecular weight excluding hydrogens is 855 g/mol. The van der Waals surface area contributed by atoms with Crippen LogP contribution in [0.2, 0.25) is 0 Å². The summed E-state index contributed by atoms with van der Waals surface area (Å²) in [4.78, 5) is 91.9. The maximum atomic E-state index is 12.6. The molecule has 0 radical (unpaired) electrons. The molecule has 1 amide bonds. The number of fused-ring (bicyclic) bond motifs is 1. The molecule has 2 aliphatic heterocycles. The number of ether oxygens (including phenoxy) is 2. The number of amides is 1. The fourth-order valence-electron chi connectivity index (χ4n) is 5.16. The molecular formula is C26H35N7O22P3+. The van der Waals surface area contributed by atoms with E-state index in [-0.39, 0.29) is 22.5 Å². The zero-order valence-corrected chi connectivity index (χ0v) is 31.7. The Kier molecular flexibility index (Phi) is 15.0. The number of ketones is 1. The number of hydrogen-bond acceptors (Lipinski definition) is 20. The number of Topliss-reactive ketones (excluding diaryl/α,β-unsaturated/α-hetero) is 1. The van der Waals surface area contributed by atoms with Crippen molar-refractivity contribution in [1.29, 1.82) is 0 Å². The van der Waals surface area contributed by atoms with E-state index in [1.807, 2.05) is 0 Å². The number of aromatic nitrogens is 5. The van der Waals surface area contributed by atoms with Gasteiger partial charge in [-0.15, -0.1) is 0 Å². The number of anilines is 1. The molecule has 0 spiro atoms. The number of phosphoric ester groups is 3. The first kappa shape index (κ1) is 46.4. The van der Waals surface area contributed by atoms with Crippen LogP contribution in [-0.2, 0) is 55.4 Å². The molecule has 58 heavy (non-hydrogen) atoms. The van der Waals surface area contributed by atoms with Crippen LogP contribution in [0.3, 0.4) is 0 Å². The number of hydrogen-bond donors (Lipinski definition) is 11. The van der Waals surface area contributed by atoms with E-state index in [9.17, 15) is 67.8 Å². The zero-order valence-electron chi connectivity index (χ0n) is 29.0. The Balaban J connectivity index is 0.000000657. The molecule has 0 aromatic carbocycles. The van der Waals surface area contributed by atoms with Gasteiger partial charge in [-0.1, -0.05) is 0 Å². The summed E-state index contributed by atoms with van der Waals surface area (Å²) in [7, 11) is -16.3. The predicted octanol–water partition coefficient (Wildman–Crippen LogP) is -3.39. The van der Waals surface area contributed by atoms with E-state index in [4.69, 9.17) is 40.2 Å². The molecule has 5 heterocycles. The first-order valence-electron chi connectivity index (χ1n) is 15.9. The van der Waals surface area contributed by atoms with Crippen LogP contribution in [0, 0.1) is 0 Å². The minimum Gasteiger partial charge on any atom is -0.481 e. The number of carbonyl (C=O) groups is 4. The highest BCUT2D eigenvalue weighted by Gasteiger charge is 2.51. The smallest absolute Gasteiger partial charge is 0.481 e. The Hall–Kier alpha value is -4.25. The number of nitrogens with two attached hydrogens (primary N) is 2. The van der Waals surface area contributed by atoms with Crippen LogP contribution in [0.15, 0.2) is 37.2 Å². The second kappa shape index (κ2) is 18.8. The van der Waals surface area contributed by atoms with Gasteiger partial charge in [0, 0.05) is 12.5 Å². The molecule has 3 aromatic heterocycles. The molecule has 13 N–H and O–H groups in total. The fourth-order valence-corrected chi connectivity index (χ4v) is 7.80. The van der Waals surface area contributed by atoms with Crippen LogP contribution >= 0.6 is 23.5 Å². The maximum absolute atomic E-state index is 12.6. The van der Waals surface area contributed by atoms with Gasteiger partial charge in [0.2, 0.25) is 5.78 Å². The third kappa shape index (κ3) is 12.1. The van der Waals surface area contributed by atoms with E-state index in [0.717, 1.165) is 17.2 Å². The van der Waals surface area contributed by atoms with Crippen molar-refractivity contribution in [2.24, 2.45) is 5.73 Å². The normalized spacial score (nSPS) is 26.6. The number of aliphatic hydroxyl groups is 3. The first-order chi connectivity index (χ1) is 26.9. The molecule has 10 atom stereocenters. The molecule has 0 saturated carbocycles. The van der Waals surface area contributed by atoms with Crippen LogP contribution in [0.1, 0.15) is 35.7 Å². The Morgan fingerprint density at radius 1 is 0.879 bits per heavy atom. The minimum atomic E-state index is -5.52. The van der Waals surface area contributed by atoms with Gasteiger partial charge < -0.3 is 66.0 Å². The number of rotatable bonds is 17. The molecule has 29 nitrogen and oxygen atoms in total. The number of carboxylic acid groups (broad SMARTS) is 2. The third-order valence-electron chi connectivity index (χ3n) is 7.79. The number of aliphatic hydroxyl groups excluding tert-OH is 3. The molecule has 32 heteroatoms. The Morgan fingerprint density at radius 3 is 2.07 bits per heavy atom. The van der Waals surface area contributed by atoms with Gasteiger partial charge in [0.05, 0.1) is 26.0 Å². The van der Waals surface area contributed by atoms with Crippen LogP contribution in [0.25, 0.3) is 11.2 Å². The summed E-state index contributed by atoms with van der Waals surface area (Å²) < 4.78 is 68.4. The van der Waals surface area contributed by atoms with Gasteiger partial charge in [0.15, 0.2) is 36.2 Å². The van der Waals surface area contributed by atoms with Crippen molar-refractivity contribution in [2.75, 3.05) is 18.9 Å². The average molecular weight is 891 g/mol. The molecule has 2 aliphatic rings. The lowest BCUT2D eigenvalue weighted by Gasteiger charge is -2.22. The molecule has 3 aromatic rings. The van der Waals surface area contributed by atoms with Crippen LogP contribution < -0.4 is 16.0 Å². The SMILES string of the molecule is NC(=O)c1ccc[n+]([C@@H]2O[C@H](COP(=O)(O)OP(=O)(O)OC[C@H]3O[C@@H](n4cnc5c(N)ncnc54)[C@H](OP(=O)(O)O)[C@@H]3O)[C@@H](O)[C@H]2O)c1.O=C(O)CCC(=O)C(=O)O. The van der Waals surface area contributed by atoms with E-state index in [1.165, 1.54) is 29.1 Å². The van der Waals surface area contributed by atoms with E-state index in [1.54, 1.807) is 0 Å². The van der Waals surface area contributed by atoms with E-state index >= 15 is 0 Å². The Bertz CT molecular complexity index is 2150. The van der Waals surface area contributed by atoms with Gasteiger partial charge in [-0.05, 0) is 6.07 Å². The topological polar surface area (TPSA) is 456 Å². The second-order valence-corrected chi connectivity index (χ2v) is 16.1. The monoisotopic (exact) mass is 890 g/mol. The van der Waals surface area contributed by atoms with E-state index in [2.05, 4.69) is 23.8 Å². The number of nitrogen functional groups attached to an aromatic ring is 1. The third-order valence-corrected chi connectivity index (χ3v) is 10.9. The van der Waals surface area contributed by atoms with Crippen molar-refractivity contribution in [3.63, 3.8) is 0 Å². The van der Waals surface area contributed by atoms with Crippen LogP contribution in [0.5, 0.6) is 0 Å². The van der Waals surface area contributed by atoms with Gasteiger partial charge >= 0.3 is 35.4 Å². The van der Waals surface area contributed by atoms with Crippen molar-refractivity contribution in [1.82, 2.24) is 19.5 Å². The highest BCUT2D eigenvalue weighted by Crippen LogP contribution is 2.61. The van der Waals surface area contributed by atoms with Gasteiger partial charge in [-0.3, -0.25) is 32.5 Å². The number of imidazole rings is 1. The number of carbonyl (C=O) groups excluding carboxylic acids is 2. The number of nitrogens with zero attached hydrogens (tertiary/aromatic N) is 5. The second-order valence-electron chi connectivity index (χ2n) is 11.9. The molecule has 2 saturated heterocycles. The van der Waals surface area contributed by atoms with E-state index in [0.29, 0.717) is 0 Å². The van der Waals surface area contributed by atoms with Gasteiger partial charge in [0.25, 0.3) is 12.1 Å². The molecule has 320 valence electrons. The Labute approximate surface area is 322 Å². The van der Waals surface area contributed by atoms with E-state index < -0.39 is 122 Å². The molecule has 0 aliphatic carbocycles. The predicted molar refractivity (Wildman–Crippen MR) is 180 cm³/mol. The zero-order chi connectivity index (χ0) is 43.3. The fraction of sp³-hybridized carbons (Fsp3) is 0.462. The lowest BCUT2D eigenvalue weighted by atomic mass is 10.1. The first-order valence-corrected chi connectivity index (χ1v) is 20.4. The average Bonchev–Trinajstić information content (AvgIpc) is 3.78. The molecule has 0 bridgehead atoms. The quantitative estimate of drug-likeness (QED) is 0.0357. The van der Waals surface area contributed by atoms with Crippen molar-refractivity contribution in [3.8, 4) is 0 Å². The largest absolute Gasteiger partial charge is 0.481 e. The number of carboxylic acids is 2. The summed E-state index contributed by atoms with van der Waals surface area (Å²) in [5, 5.41) is 47.5. The Morgan fingerprint density at radius 2 is 1.50 bits per heavy atom. The van der Waals surface area contributed by atoms with Gasteiger partial charge in [0.1, 0.15) is 47.9 Å². The van der Waals surface area contributed by atoms with Gasteiger partial charge in [-0.25, -0.2) is 33.4 Å². The summed E-state index contributed by atoms with van der Waals surface area (Å²) in [6.45, 7) is -2.03. The van der Waals surface area contributed by atoms with Crippen LogP contribution in [0.4, 0.5) is 5.82 Å². The van der Waals surface area contributed by atoms with Gasteiger partial charge in [-0.2, -0.15) is 8.88 Å². The standard InChI is InChI=1S/C21H28N7O17P3.C5H6O5/c22-17-12-19(25-7-24-17)28(8-26-12)21-16(44-46(33,34)35)14(30)11(43-21)6-41-48(38,39)45-47(36,37)40-5-10-13(29)15(31)20(42-10)27-3-1-2-9(4-27)18(23)32;6-3(5(9)10)1-2-4(7)8/h1-4,7-8,10-11,13-16,20-21,29-31H,5-6H2,(H7-,22,23,24,25,32,33,34,35,36,37,38,39);1-2H2,(H,7,8)(H,9,10)/p+1/t10-,11-,13-,14-,15-,16-,20-,21-;/m1./s1. The lowest BCUT2D eigenvalue weighted by molar-refractivity contribution is -0.765. The summed E-state index contributed by atoms with van der Waals surface area (Å²) in [5.74, 6) is -4.67. The summed E-state index contributed by atoms with van der Waals surface area (Å²) >= 11 is 0. The van der Waals surface area contributed by atoms with Crippen molar-refractivity contribution < 1.29 is 110 Å². The summed E-state index contributed by atoms with van der Waals surface area (Å²) in [5.41, 5.74) is 11.1. The summed E-state index contributed by atoms with van der Waals surface area (Å²) in [6.07, 6.45) is -9.25. The number of phosphoric acid groups is 3. The van der Waals surface area contributed by atoms with Crippen LogP contribution in [-0.4, -0.2) is 138 Å². The molecule has 2 fully saturated rings. The summed E-state index contributed by atoms with van der Waals surface area (Å²) in [6, 6.07) is 2.79. The highest BCUT2D eigenvalue weighted by atomic mass is 31.3. The number of pyridine rings is 1. The van der Waals surface area contributed by atoms with Crippen molar-refractivity contribution in [3.05, 3.63) is 42.7 Å². The molecule has 5 rings (SSSR count).